The van der Waals surface area contributed by atoms with Crippen molar-refractivity contribution in [3.63, 3.8) is 0 Å². The molecule has 1 N–H and O–H groups in total. The molecule has 0 aliphatic rings. The normalized spacial score (nSPS) is 12.3. The fraction of sp³-hybridized carbons (Fsp3) is 0.304. The SMILES string of the molecule is CCOC(=O)c1cc2ccccn2c1C(Nc1cccc(C#N)c1)P(=O)(OCC)OCC. The summed E-state index contributed by atoms with van der Waals surface area (Å²) in [4.78, 5) is 12.9. The van der Waals surface area contributed by atoms with Crippen LogP contribution in [0.2, 0.25) is 0 Å². The van der Waals surface area contributed by atoms with E-state index in [4.69, 9.17) is 13.8 Å². The Bertz CT molecular complexity index is 1170. The molecule has 0 radical (unpaired) electrons. The topological polar surface area (TPSA) is 102 Å². The number of carbonyl (C=O) groups is 1. The third-order valence-electron chi connectivity index (χ3n) is 4.70. The smallest absolute Gasteiger partial charge is 0.358 e. The molecular weight excluding hydrogens is 429 g/mol. The summed E-state index contributed by atoms with van der Waals surface area (Å²) in [7, 11) is -3.82. The summed E-state index contributed by atoms with van der Waals surface area (Å²) in [6, 6.07) is 16.0. The molecule has 1 atom stereocenters. The molecule has 0 aliphatic heterocycles. The van der Waals surface area contributed by atoms with Crippen LogP contribution < -0.4 is 5.32 Å². The van der Waals surface area contributed by atoms with Crippen LogP contribution in [0.3, 0.4) is 0 Å². The quantitative estimate of drug-likeness (QED) is 0.324. The first-order valence-corrected chi connectivity index (χ1v) is 12.0. The highest BCUT2D eigenvalue weighted by Gasteiger charge is 2.41. The molecule has 0 spiro atoms. The van der Waals surface area contributed by atoms with Gasteiger partial charge in [0.05, 0.1) is 42.7 Å². The molecule has 168 valence electrons. The van der Waals surface area contributed by atoms with Crippen molar-refractivity contribution in [1.29, 1.82) is 5.26 Å². The average Bonchev–Trinajstić information content (AvgIpc) is 3.17. The number of anilines is 1. The number of rotatable bonds is 10. The molecule has 3 aromatic rings. The number of esters is 1. The highest BCUT2D eigenvalue weighted by Crippen LogP contribution is 2.61. The number of nitrogens with zero attached hydrogens (tertiary/aromatic N) is 2. The highest BCUT2D eigenvalue weighted by atomic mass is 31.2. The van der Waals surface area contributed by atoms with Crippen LogP contribution in [0.5, 0.6) is 0 Å². The van der Waals surface area contributed by atoms with Gasteiger partial charge in [-0.05, 0) is 57.2 Å². The second-order valence-corrected chi connectivity index (χ2v) is 8.89. The summed E-state index contributed by atoms with van der Waals surface area (Å²) >= 11 is 0. The first-order valence-electron chi connectivity index (χ1n) is 10.4. The van der Waals surface area contributed by atoms with Crippen LogP contribution in [-0.4, -0.2) is 30.2 Å². The fourth-order valence-corrected chi connectivity index (χ4v) is 5.44. The van der Waals surface area contributed by atoms with E-state index in [-0.39, 0.29) is 25.4 Å². The predicted molar refractivity (Wildman–Crippen MR) is 122 cm³/mol. The number of benzene rings is 1. The monoisotopic (exact) mass is 455 g/mol. The maximum atomic E-state index is 14.0. The molecular formula is C23H26N3O5P. The minimum atomic E-state index is -3.82. The molecule has 0 amide bonds. The van der Waals surface area contributed by atoms with Gasteiger partial charge in [-0.2, -0.15) is 5.26 Å². The summed E-state index contributed by atoms with van der Waals surface area (Å²) in [6.45, 7) is 5.66. The highest BCUT2D eigenvalue weighted by molar-refractivity contribution is 7.54. The summed E-state index contributed by atoms with van der Waals surface area (Å²) in [6.07, 6.45) is 1.77. The second-order valence-electron chi connectivity index (χ2n) is 6.77. The molecule has 2 heterocycles. The van der Waals surface area contributed by atoms with Crippen LogP contribution in [0, 0.1) is 11.3 Å². The first-order chi connectivity index (χ1) is 15.5. The van der Waals surface area contributed by atoms with Gasteiger partial charge in [0.25, 0.3) is 0 Å². The van der Waals surface area contributed by atoms with E-state index in [0.717, 1.165) is 5.52 Å². The van der Waals surface area contributed by atoms with E-state index in [9.17, 15) is 14.6 Å². The number of ether oxygens (including phenoxy) is 1. The van der Waals surface area contributed by atoms with Gasteiger partial charge in [-0.1, -0.05) is 12.1 Å². The fourth-order valence-electron chi connectivity index (χ4n) is 3.48. The maximum Gasteiger partial charge on any atom is 0.358 e. The number of nitriles is 1. The summed E-state index contributed by atoms with van der Waals surface area (Å²) in [5, 5.41) is 12.5. The van der Waals surface area contributed by atoms with Crippen molar-refractivity contribution in [2.45, 2.75) is 26.6 Å². The molecule has 0 fully saturated rings. The lowest BCUT2D eigenvalue weighted by Gasteiger charge is -2.28. The summed E-state index contributed by atoms with van der Waals surface area (Å²) < 4.78 is 32.4. The number of pyridine rings is 1. The Hall–Kier alpha value is -3.11. The largest absolute Gasteiger partial charge is 0.462 e. The number of fused-ring (bicyclic) bond motifs is 1. The Balaban J connectivity index is 2.26. The third kappa shape index (κ3) is 4.86. The Morgan fingerprint density at radius 3 is 2.50 bits per heavy atom. The van der Waals surface area contributed by atoms with E-state index in [2.05, 4.69) is 11.4 Å². The van der Waals surface area contributed by atoms with Crippen LogP contribution in [0.25, 0.3) is 5.52 Å². The van der Waals surface area contributed by atoms with Gasteiger partial charge < -0.3 is 23.5 Å². The van der Waals surface area contributed by atoms with E-state index >= 15 is 0 Å². The Kier molecular flexibility index (Phi) is 7.70. The molecule has 0 saturated heterocycles. The summed E-state index contributed by atoms with van der Waals surface area (Å²) in [5.74, 6) is -1.58. The average molecular weight is 455 g/mol. The van der Waals surface area contributed by atoms with Gasteiger partial charge in [-0.25, -0.2) is 4.79 Å². The van der Waals surface area contributed by atoms with Crippen LogP contribution in [0.4, 0.5) is 5.69 Å². The predicted octanol–water partition coefficient (Wildman–Crippen LogP) is 5.36. The molecule has 9 heteroatoms. The Morgan fingerprint density at radius 2 is 1.84 bits per heavy atom. The molecule has 8 nitrogen and oxygen atoms in total. The lowest BCUT2D eigenvalue weighted by molar-refractivity contribution is 0.0525. The molecule has 0 bridgehead atoms. The zero-order chi connectivity index (χ0) is 23.1. The van der Waals surface area contributed by atoms with Crippen molar-refractivity contribution < 1.29 is 23.1 Å². The molecule has 1 aromatic carbocycles. The third-order valence-corrected chi connectivity index (χ3v) is 6.95. The number of nitrogens with one attached hydrogen (secondary N) is 1. The van der Waals surface area contributed by atoms with E-state index in [1.165, 1.54) is 0 Å². The van der Waals surface area contributed by atoms with Crippen LogP contribution >= 0.6 is 7.60 Å². The van der Waals surface area contributed by atoms with Gasteiger partial charge in [0.15, 0.2) is 5.78 Å². The van der Waals surface area contributed by atoms with E-state index in [0.29, 0.717) is 16.9 Å². The van der Waals surface area contributed by atoms with Crippen LogP contribution in [0.15, 0.2) is 54.7 Å². The van der Waals surface area contributed by atoms with Crippen molar-refractivity contribution in [1.82, 2.24) is 4.40 Å². The molecule has 3 rings (SSSR count). The minimum absolute atomic E-state index is 0.145. The Labute approximate surface area is 187 Å². The van der Waals surface area contributed by atoms with Gasteiger partial charge in [0.2, 0.25) is 0 Å². The van der Waals surface area contributed by atoms with E-state index in [1.54, 1.807) is 61.7 Å². The minimum Gasteiger partial charge on any atom is -0.462 e. The number of carbonyl (C=O) groups excluding carboxylic acids is 1. The molecule has 32 heavy (non-hydrogen) atoms. The summed E-state index contributed by atoms with van der Waals surface area (Å²) in [5.41, 5.74) is 2.34. The van der Waals surface area contributed by atoms with E-state index in [1.807, 2.05) is 18.2 Å². The van der Waals surface area contributed by atoms with Gasteiger partial charge in [-0.3, -0.25) is 4.57 Å². The number of hydrogen-bond donors (Lipinski definition) is 1. The Morgan fingerprint density at radius 1 is 1.09 bits per heavy atom. The molecule has 0 saturated carbocycles. The van der Waals surface area contributed by atoms with Gasteiger partial charge in [-0.15, -0.1) is 0 Å². The first kappa shape index (κ1) is 23.6. The van der Waals surface area contributed by atoms with Crippen molar-refractivity contribution in [2.75, 3.05) is 25.1 Å². The van der Waals surface area contributed by atoms with Crippen molar-refractivity contribution in [2.24, 2.45) is 0 Å². The lowest BCUT2D eigenvalue weighted by Crippen LogP contribution is -2.20. The van der Waals surface area contributed by atoms with Crippen molar-refractivity contribution >= 4 is 24.8 Å². The molecule has 2 aromatic heterocycles. The van der Waals surface area contributed by atoms with Crippen molar-refractivity contribution in [3.8, 4) is 6.07 Å². The van der Waals surface area contributed by atoms with Crippen molar-refractivity contribution in [3.05, 3.63) is 71.5 Å². The van der Waals surface area contributed by atoms with E-state index < -0.39 is 19.3 Å². The zero-order valence-electron chi connectivity index (χ0n) is 18.3. The lowest BCUT2D eigenvalue weighted by atomic mass is 10.2. The second kappa shape index (κ2) is 10.5. The van der Waals surface area contributed by atoms with Gasteiger partial charge in [0, 0.05) is 17.4 Å². The van der Waals surface area contributed by atoms with Gasteiger partial charge in [0.1, 0.15) is 0 Å². The van der Waals surface area contributed by atoms with Crippen LogP contribution in [0.1, 0.15) is 48.2 Å². The number of hydrogen-bond acceptors (Lipinski definition) is 7. The zero-order valence-corrected chi connectivity index (χ0v) is 19.2. The molecule has 0 aliphatic carbocycles. The number of aromatic nitrogens is 1. The maximum absolute atomic E-state index is 14.0. The molecule has 1 unspecified atom stereocenters. The standard InChI is InChI=1S/C23H26N3O5P/c1-4-29-23(27)20-15-19-12-7-8-13-26(19)21(20)22(32(28,30-5-2)31-6-3)25-18-11-9-10-17(14-18)16-24/h7-15,22,25H,4-6H2,1-3H3. The van der Waals surface area contributed by atoms with Gasteiger partial charge >= 0.3 is 13.6 Å². The van der Waals surface area contributed by atoms with Crippen LogP contribution in [-0.2, 0) is 18.3 Å².